The highest BCUT2D eigenvalue weighted by Gasteiger charge is 2.30. The van der Waals surface area contributed by atoms with E-state index in [1.807, 2.05) is 0 Å². The van der Waals surface area contributed by atoms with Gasteiger partial charge >= 0.3 is 0 Å². The van der Waals surface area contributed by atoms with Gasteiger partial charge in [-0.1, -0.05) is 6.42 Å². The highest BCUT2D eigenvalue weighted by Crippen LogP contribution is 2.27. The van der Waals surface area contributed by atoms with Gasteiger partial charge in [-0.15, -0.1) is 0 Å². The average molecular weight is 297 g/mol. The second-order valence-corrected chi connectivity index (χ2v) is 6.35. The van der Waals surface area contributed by atoms with E-state index >= 15 is 0 Å². The molecule has 21 heavy (non-hydrogen) atoms. The maximum atomic E-state index is 12.2. The van der Waals surface area contributed by atoms with Crippen molar-refractivity contribution in [1.82, 2.24) is 5.32 Å². The summed E-state index contributed by atoms with van der Waals surface area (Å²) in [6, 6.07) is -0.0371. The summed E-state index contributed by atoms with van der Waals surface area (Å²) in [5.41, 5.74) is 11.3. The average Bonchev–Trinajstić information content (AvgIpc) is 2.84. The maximum Gasteiger partial charge on any atom is 0.220 e. The second-order valence-electron chi connectivity index (χ2n) is 6.35. The van der Waals surface area contributed by atoms with Crippen molar-refractivity contribution < 1.29 is 14.3 Å². The van der Waals surface area contributed by atoms with Crippen LogP contribution in [0.1, 0.15) is 44.9 Å². The van der Waals surface area contributed by atoms with Crippen molar-refractivity contribution in [2.45, 2.75) is 57.0 Å². The molecule has 6 nitrogen and oxygen atoms in total. The lowest BCUT2D eigenvalue weighted by molar-refractivity contribution is -0.124. The Morgan fingerprint density at radius 1 is 1.19 bits per heavy atom. The van der Waals surface area contributed by atoms with Crippen LogP contribution in [-0.4, -0.2) is 37.1 Å². The van der Waals surface area contributed by atoms with Crippen LogP contribution < -0.4 is 16.8 Å². The van der Waals surface area contributed by atoms with Gasteiger partial charge in [-0.2, -0.15) is 0 Å². The summed E-state index contributed by atoms with van der Waals surface area (Å²) in [7, 11) is 0. The Bertz CT molecular complexity index is 369. The van der Waals surface area contributed by atoms with Gasteiger partial charge in [-0.3, -0.25) is 9.59 Å². The standard InChI is InChI=1S/C15H27N3O3/c16-12-3-1-2-11(12)8-15(20)18-13(9-14(17)19)10-4-6-21-7-5-10/h10-13H,1-9,16H2,(H2,17,19)(H,18,20)/t11-,12+,13?/m0/s1. The molecule has 2 rings (SSSR count). The van der Waals surface area contributed by atoms with Gasteiger partial charge in [0.1, 0.15) is 0 Å². The zero-order chi connectivity index (χ0) is 15.2. The van der Waals surface area contributed by atoms with Gasteiger partial charge in [0, 0.05) is 38.1 Å². The minimum absolute atomic E-state index is 0.00454. The van der Waals surface area contributed by atoms with Gasteiger partial charge < -0.3 is 21.5 Å². The third-order valence-corrected chi connectivity index (χ3v) is 4.77. The van der Waals surface area contributed by atoms with Crippen molar-refractivity contribution in [2.75, 3.05) is 13.2 Å². The number of nitrogens with two attached hydrogens (primary N) is 2. The van der Waals surface area contributed by atoms with E-state index in [4.69, 9.17) is 16.2 Å². The highest BCUT2D eigenvalue weighted by molar-refractivity contribution is 5.79. The SMILES string of the molecule is NC(=O)CC(NC(=O)C[C@@H]1CCC[C@H]1N)C1CCOCC1. The molecule has 1 heterocycles. The fraction of sp³-hybridized carbons (Fsp3) is 0.867. The van der Waals surface area contributed by atoms with E-state index < -0.39 is 0 Å². The molecule has 3 atom stereocenters. The predicted molar refractivity (Wildman–Crippen MR) is 79.2 cm³/mol. The van der Waals surface area contributed by atoms with Crippen molar-refractivity contribution in [3.8, 4) is 0 Å². The number of amides is 2. The smallest absolute Gasteiger partial charge is 0.220 e. The molecule has 120 valence electrons. The van der Waals surface area contributed by atoms with E-state index in [2.05, 4.69) is 5.32 Å². The molecule has 6 heteroatoms. The Hall–Kier alpha value is -1.14. The zero-order valence-corrected chi connectivity index (χ0v) is 12.6. The summed E-state index contributed by atoms with van der Waals surface area (Å²) >= 11 is 0. The topological polar surface area (TPSA) is 107 Å². The number of primary amides is 1. The second kappa shape index (κ2) is 7.75. The monoisotopic (exact) mass is 297 g/mol. The molecule has 5 N–H and O–H groups in total. The number of carbonyl (C=O) groups excluding carboxylic acids is 2. The molecule has 1 saturated heterocycles. The van der Waals surface area contributed by atoms with Crippen LogP contribution in [0, 0.1) is 11.8 Å². The van der Waals surface area contributed by atoms with Crippen molar-refractivity contribution in [1.29, 1.82) is 0 Å². The molecule has 0 aromatic heterocycles. The van der Waals surface area contributed by atoms with Gasteiger partial charge in [0.2, 0.25) is 11.8 Å². The molecule has 0 spiro atoms. The Balaban J connectivity index is 1.87. The lowest BCUT2D eigenvalue weighted by Gasteiger charge is -2.30. The van der Waals surface area contributed by atoms with Crippen molar-refractivity contribution >= 4 is 11.8 Å². The lowest BCUT2D eigenvalue weighted by atomic mass is 9.89. The van der Waals surface area contributed by atoms with Crippen LogP contribution in [0.3, 0.4) is 0 Å². The molecule has 0 radical (unpaired) electrons. The molecule has 2 amide bonds. The normalized spacial score (nSPS) is 28.2. The lowest BCUT2D eigenvalue weighted by Crippen LogP contribution is -2.45. The van der Waals surface area contributed by atoms with Crippen LogP contribution >= 0.6 is 0 Å². The summed E-state index contributed by atoms with van der Waals surface area (Å²) in [4.78, 5) is 23.5. The molecule has 1 aliphatic heterocycles. The summed E-state index contributed by atoms with van der Waals surface area (Å²) in [5, 5.41) is 3.01. The van der Waals surface area contributed by atoms with E-state index in [0.717, 1.165) is 32.1 Å². The number of carbonyl (C=O) groups is 2. The van der Waals surface area contributed by atoms with E-state index in [0.29, 0.717) is 19.6 Å². The largest absolute Gasteiger partial charge is 0.381 e. The maximum absolute atomic E-state index is 12.2. The van der Waals surface area contributed by atoms with E-state index in [-0.39, 0.29) is 42.2 Å². The molecule has 2 fully saturated rings. The van der Waals surface area contributed by atoms with E-state index in [9.17, 15) is 9.59 Å². The summed E-state index contributed by atoms with van der Waals surface area (Å²) in [5.74, 6) is 0.167. The quantitative estimate of drug-likeness (QED) is 0.655. The van der Waals surface area contributed by atoms with Crippen LogP contribution in [0.25, 0.3) is 0 Å². The minimum Gasteiger partial charge on any atom is -0.381 e. The Labute approximate surface area is 126 Å². The molecular weight excluding hydrogens is 270 g/mol. The van der Waals surface area contributed by atoms with Gasteiger partial charge in [0.15, 0.2) is 0 Å². The van der Waals surface area contributed by atoms with Crippen molar-refractivity contribution in [3.05, 3.63) is 0 Å². The summed E-state index contributed by atoms with van der Waals surface area (Å²) < 4.78 is 5.34. The van der Waals surface area contributed by atoms with Gasteiger partial charge in [0.25, 0.3) is 0 Å². The first-order valence-corrected chi connectivity index (χ1v) is 7.97. The van der Waals surface area contributed by atoms with Gasteiger partial charge in [-0.25, -0.2) is 0 Å². The summed E-state index contributed by atoms with van der Waals surface area (Å²) in [6.45, 7) is 1.37. The number of hydrogen-bond acceptors (Lipinski definition) is 4. The number of rotatable bonds is 6. The van der Waals surface area contributed by atoms with Crippen LogP contribution in [0.5, 0.6) is 0 Å². The minimum atomic E-state index is -0.371. The molecule has 1 unspecified atom stereocenters. The van der Waals surface area contributed by atoms with Crippen molar-refractivity contribution in [3.63, 3.8) is 0 Å². The molecular formula is C15H27N3O3. The summed E-state index contributed by atoms with van der Waals surface area (Å²) in [6.07, 6.45) is 5.51. The predicted octanol–water partition coefficient (Wildman–Crippen LogP) is 0.291. The van der Waals surface area contributed by atoms with Crippen molar-refractivity contribution in [2.24, 2.45) is 23.3 Å². The van der Waals surface area contributed by atoms with E-state index in [1.165, 1.54) is 0 Å². The molecule has 1 saturated carbocycles. The Morgan fingerprint density at radius 2 is 1.90 bits per heavy atom. The number of ether oxygens (including phenoxy) is 1. The molecule has 0 aromatic carbocycles. The molecule has 0 bridgehead atoms. The number of hydrogen-bond donors (Lipinski definition) is 3. The first-order valence-electron chi connectivity index (χ1n) is 7.97. The van der Waals surface area contributed by atoms with Crippen LogP contribution in [0.4, 0.5) is 0 Å². The third kappa shape index (κ3) is 4.97. The fourth-order valence-electron chi connectivity index (χ4n) is 3.49. The third-order valence-electron chi connectivity index (χ3n) is 4.77. The fourth-order valence-corrected chi connectivity index (χ4v) is 3.49. The first kappa shape index (κ1) is 16.2. The first-order chi connectivity index (χ1) is 10.1. The van der Waals surface area contributed by atoms with Crippen LogP contribution in [-0.2, 0) is 14.3 Å². The number of nitrogens with one attached hydrogen (secondary N) is 1. The highest BCUT2D eigenvalue weighted by atomic mass is 16.5. The zero-order valence-electron chi connectivity index (χ0n) is 12.6. The van der Waals surface area contributed by atoms with E-state index in [1.54, 1.807) is 0 Å². The Kier molecular flexibility index (Phi) is 5.99. The van der Waals surface area contributed by atoms with Crippen LogP contribution in [0.15, 0.2) is 0 Å². The molecule has 2 aliphatic rings. The molecule has 1 aliphatic carbocycles. The molecule has 0 aromatic rings. The Morgan fingerprint density at radius 3 is 2.48 bits per heavy atom. The van der Waals surface area contributed by atoms with Gasteiger partial charge in [0.05, 0.1) is 0 Å². The van der Waals surface area contributed by atoms with Gasteiger partial charge in [-0.05, 0) is 37.5 Å². The van der Waals surface area contributed by atoms with Crippen LogP contribution in [0.2, 0.25) is 0 Å².